The predicted octanol–water partition coefficient (Wildman–Crippen LogP) is 2.78. The van der Waals surface area contributed by atoms with Gasteiger partial charge in [0.1, 0.15) is 0 Å². The van der Waals surface area contributed by atoms with Gasteiger partial charge in [-0.05, 0) is 18.9 Å². The van der Waals surface area contributed by atoms with E-state index in [1.54, 1.807) is 11.3 Å². The summed E-state index contributed by atoms with van der Waals surface area (Å²) in [6.07, 6.45) is 2.95. The Kier molecular flexibility index (Phi) is 3.24. The summed E-state index contributed by atoms with van der Waals surface area (Å²) in [5.74, 6) is 0.957. The summed E-state index contributed by atoms with van der Waals surface area (Å²) >= 11 is 1.78. The first-order chi connectivity index (χ1) is 10.3. The maximum atomic E-state index is 4.72. The van der Waals surface area contributed by atoms with E-state index in [2.05, 4.69) is 47.1 Å². The number of aromatic nitrogens is 3. The van der Waals surface area contributed by atoms with Gasteiger partial charge in [0.05, 0.1) is 5.69 Å². The molecule has 1 unspecified atom stereocenters. The van der Waals surface area contributed by atoms with Crippen LogP contribution in [0.25, 0.3) is 4.96 Å². The first-order valence-electron chi connectivity index (χ1n) is 7.46. The van der Waals surface area contributed by atoms with Crippen LogP contribution in [0.4, 0.5) is 0 Å². The highest BCUT2D eigenvalue weighted by molar-refractivity contribution is 7.17. The summed E-state index contributed by atoms with van der Waals surface area (Å²) in [6.45, 7) is 3.24. The summed E-state index contributed by atoms with van der Waals surface area (Å²) in [5, 5.41) is 8.22. The highest BCUT2D eigenvalue weighted by atomic mass is 32.1. The maximum absolute atomic E-state index is 4.72. The molecule has 21 heavy (non-hydrogen) atoms. The molecule has 0 amide bonds. The number of benzene rings is 1. The Balaban J connectivity index is 1.59. The molecule has 1 aliphatic rings. The van der Waals surface area contributed by atoms with Gasteiger partial charge in [0, 0.05) is 30.3 Å². The van der Waals surface area contributed by atoms with Crippen molar-refractivity contribution in [3.63, 3.8) is 0 Å². The van der Waals surface area contributed by atoms with E-state index in [1.165, 1.54) is 16.1 Å². The van der Waals surface area contributed by atoms with Gasteiger partial charge in [0.25, 0.3) is 0 Å². The number of nitrogens with zero attached hydrogens (tertiary/aromatic N) is 3. The largest absolute Gasteiger partial charge is 0.309 e. The maximum Gasteiger partial charge on any atom is 0.212 e. The minimum absolute atomic E-state index is 0.426. The van der Waals surface area contributed by atoms with Gasteiger partial charge in [0.2, 0.25) is 4.96 Å². The van der Waals surface area contributed by atoms with Crippen LogP contribution in [0.3, 0.4) is 0 Å². The molecule has 1 aliphatic heterocycles. The molecule has 0 saturated carbocycles. The molecule has 2 aromatic heterocycles. The second-order valence-corrected chi connectivity index (χ2v) is 6.56. The standard InChI is InChI=1S/C16H18N4S/c1-11-15-13(9-10-17-11)20-16(21-15)18-14(19-20)8-7-12-5-3-2-4-6-12/h2-6,11,17H,7-10H2,1H3. The molecule has 0 fully saturated rings. The van der Waals surface area contributed by atoms with Crippen LogP contribution in [-0.2, 0) is 19.3 Å². The van der Waals surface area contributed by atoms with E-state index in [0.717, 1.165) is 36.6 Å². The quantitative estimate of drug-likeness (QED) is 0.808. The zero-order chi connectivity index (χ0) is 14.2. The summed E-state index contributed by atoms with van der Waals surface area (Å²) in [5.41, 5.74) is 2.69. The third-order valence-corrected chi connectivity index (χ3v) is 5.30. The first-order valence-corrected chi connectivity index (χ1v) is 8.27. The van der Waals surface area contributed by atoms with E-state index in [4.69, 9.17) is 10.1 Å². The number of thiazole rings is 1. The lowest BCUT2D eigenvalue weighted by Gasteiger charge is -2.19. The smallest absolute Gasteiger partial charge is 0.212 e. The van der Waals surface area contributed by atoms with E-state index in [9.17, 15) is 0 Å². The molecule has 3 aromatic rings. The third kappa shape index (κ3) is 2.36. The summed E-state index contributed by atoms with van der Waals surface area (Å²) in [4.78, 5) is 7.14. The van der Waals surface area contributed by atoms with E-state index in [-0.39, 0.29) is 0 Å². The zero-order valence-electron chi connectivity index (χ0n) is 12.0. The van der Waals surface area contributed by atoms with Gasteiger partial charge in [-0.15, -0.1) is 0 Å². The Morgan fingerprint density at radius 3 is 3.00 bits per heavy atom. The van der Waals surface area contributed by atoms with Gasteiger partial charge in [-0.1, -0.05) is 41.7 Å². The molecule has 4 rings (SSSR count). The minimum Gasteiger partial charge on any atom is -0.309 e. The topological polar surface area (TPSA) is 42.2 Å². The fourth-order valence-electron chi connectivity index (χ4n) is 2.92. The summed E-state index contributed by atoms with van der Waals surface area (Å²) < 4.78 is 2.07. The Labute approximate surface area is 127 Å². The lowest BCUT2D eigenvalue weighted by atomic mass is 10.1. The second-order valence-electron chi connectivity index (χ2n) is 5.55. The number of nitrogens with one attached hydrogen (secondary N) is 1. The monoisotopic (exact) mass is 298 g/mol. The molecule has 0 radical (unpaired) electrons. The molecule has 0 saturated heterocycles. The van der Waals surface area contributed by atoms with Crippen molar-refractivity contribution < 1.29 is 0 Å². The lowest BCUT2D eigenvalue weighted by molar-refractivity contribution is 0.536. The van der Waals surface area contributed by atoms with Gasteiger partial charge in [-0.25, -0.2) is 9.50 Å². The fourth-order valence-corrected chi connectivity index (χ4v) is 4.07. The Morgan fingerprint density at radius 2 is 2.14 bits per heavy atom. The average molecular weight is 298 g/mol. The molecule has 0 aliphatic carbocycles. The predicted molar refractivity (Wildman–Crippen MR) is 84.8 cm³/mol. The Bertz CT molecular complexity index is 759. The van der Waals surface area contributed by atoms with Crippen molar-refractivity contribution >= 4 is 16.3 Å². The second kappa shape index (κ2) is 5.24. The van der Waals surface area contributed by atoms with E-state index >= 15 is 0 Å². The van der Waals surface area contributed by atoms with Crippen LogP contribution in [0.5, 0.6) is 0 Å². The Morgan fingerprint density at radius 1 is 1.29 bits per heavy atom. The van der Waals surface area contributed by atoms with Crippen molar-refractivity contribution in [2.24, 2.45) is 0 Å². The first kappa shape index (κ1) is 13.0. The van der Waals surface area contributed by atoms with Gasteiger partial charge >= 0.3 is 0 Å². The van der Waals surface area contributed by atoms with Crippen LogP contribution in [0.2, 0.25) is 0 Å². The molecule has 5 heteroatoms. The van der Waals surface area contributed by atoms with Crippen molar-refractivity contribution in [2.45, 2.75) is 32.2 Å². The minimum atomic E-state index is 0.426. The van der Waals surface area contributed by atoms with Crippen molar-refractivity contribution in [1.29, 1.82) is 0 Å². The van der Waals surface area contributed by atoms with Gasteiger partial charge in [0.15, 0.2) is 5.82 Å². The van der Waals surface area contributed by atoms with E-state index in [0.29, 0.717) is 6.04 Å². The zero-order valence-corrected chi connectivity index (χ0v) is 12.9. The molecule has 108 valence electrons. The number of aryl methyl sites for hydroxylation is 2. The van der Waals surface area contributed by atoms with E-state index < -0.39 is 0 Å². The van der Waals surface area contributed by atoms with Gasteiger partial charge in [-0.3, -0.25) is 0 Å². The van der Waals surface area contributed by atoms with Crippen molar-refractivity contribution in [3.8, 4) is 0 Å². The molecule has 1 N–H and O–H groups in total. The van der Waals surface area contributed by atoms with Gasteiger partial charge < -0.3 is 5.32 Å². The molecular formula is C16H18N4S. The van der Waals surface area contributed by atoms with Crippen LogP contribution in [0, 0.1) is 0 Å². The molecule has 0 bridgehead atoms. The van der Waals surface area contributed by atoms with Crippen LogP contribution < -0.4 is 5.32 Å². The van der Waals surface area contributed by atoms with Crippen molar-refractivity contribution in [3.05, 3.63) is 52.3 Å². The van der Waals surface area contributed by atoms with E-state index in [1.807, 2.05) is 0 Å². The molecular weight excluding hydrogens is 280 g/mol. The molecule has 1 aromatic carbocycles. The van der Waals surface area contributed by atoms with Crippen LogP contribution in [0.15, 0.2) is 30.3 Å². The van der Waals surface area contributed by atoms with Gasteiger partial charge in [-0.2, -0.15) is 5.10 Å². The SMILES string of the molecule is CC1NCCc2c1sc1nc(CCc3ccccc3)nn21. The molecule has 4 nitrogen and oxygen atoms in total. The fraction of sp³-hybridized carbons (Fsp3) is 0.375. The van der Waals surface area contributed by atoms with Crippen LogP contribution in [-0.4, -0.2) is 21.1 Å². The highest BCUT2D eigenvalue weighted by Crippen LogP contribution is 2.30. The number of fused-ring (bicyclic) bond motifs is 3. The highest BCUT2D eigenvalue weighted by Gasteiger charge is 2.23. The number of hydrogen-bond acceptors (Lipinski definition) is 4. The third-order valence-electron chi connectivity index (χ3n) is 4.05. The lowest BCUT2D eigenvalue weighted by Crippen LogP contribution is -2.27. The van der Waals surface area contributed by atoms with Crippen LogP contribution >= 0.6 is 11.3 Å². The summed E-state index contributed by atoms with van der Waals surface area (Å²) in [6, 6.07) is 11.0. The molecule has 1 atom stereocenters. The number of hydrogen-bond donors (Lipinski definition) is 1. The molecule has 0 spiro atoms. The Hall–Kier alpha value is -1.72. The average Bonchev–Trinajstić information content (AvgIpc) is 3.05. The van der Waals surface area contributed by atoms with Crippen molar-refractivity contribution in [1.82, 2.24) is 19.9 Å². The van der Waals surface area contributed by atoms with Crippen molar-refractivity contribution in [2.75, 3.05) is 6.54 Å². The number of rotatable bonds is 3. The van der Waals surface area contributed by atoms with Crippen LogP contribution in [0.1, 0.15) is 34.9 Å². The molecule has 3 heterocycles. The summed E-state index contributed by atoms with van der Waals surface area (Å²) in [7, 11) is 0. The normalized spacial score (nSPS) is 18.0.